The highest BCUT2D eigenvalue weighted by atomic mass is 15.1. The number of hydrogen-bond donors (Lipinski definition) is 0. The van der Waals surface area contributed by atoms with E-state index in [1.165, 1.54) is 32.2 Å². The summed E-state index contributed by atoms with van der Waals surface area (Å²) >= 11 is 0. The second-order valence-electron chi connectivity index (χ2n) is 4.68. The first-order valence-electron chi connectivity index (χ1n) is 6.78. The van der Waals surface area contributed by atoms with E-state index in [2.05, 4.69) is 39.6 Å². The van der Waals surface area contributed by atoms with E-state index in [0.29, 0.717) is 0 Å². The molecule has 0 aliphatic carbocycles. The first-order valence-corrected chi connectivity index (χ1v) is 6.78. The minimum Gasteiger partial charge on any atom is -0.303 e. The van der Waals surface area contributed by atoms with E-state index in [4.69, 9.17) is 0 Å². The molecule has 1 nitrogen and oxygen atoms in total. The van der Waals surface area contributed by atoms with Crippen molar-refractivity contribution in [1.82, 2.24) is 4.90 Å². The van der Waals surface area contributed by atoms with E-state index in [0.717, 1.165) is 12.0 Å². The highest BCUT2D eigenvalue weighted by molar-refractivity contribution is 4.64. The molecule has 0 heterocycles. The van der Waals surface area contributed by atoms with Gasteiger partial charge in [-0.2, -0.15) is 0 Å². The van der Waals surface area contributed by atoms with E-state index >= 15 is 0 Å². The van der Waals surface area contributed by atoms with Gasteiger partial charge >= 0.3 is 0 Å². The Bertz CT molecular complexity index is 110. The van der Waals surface area contributed by atoms with Gasteiger partial charge in [0.15, 0.2) is 0 Å². The van der Waals surface area contributed by atoms with Crippen LogP contribution in [0.5, 0.6) is 0 Å². The molecular weight excluding hydrogens is 182 g/mol. The van der Waals surface area contributed by atoms with Gasteiger partial charge < -0.3 is 4.90 Å². The molecule has 0 bridgehead atoms. The molecule has 0 amide bonds. The van der Waals surface area contributed by atoms with Gasteiger partial charge in [-0.3, -0.25) is 0 Å². The Kier molecular flexibility index (Phi) is 13.9. The Morgan fingerprint density at radius 1 is 1.00 bits per heavy atom. The summed E-state index contributed by atoms with van der Waals surface area (Å²) in [6.45, 7) is 14.4. The molecule has 0 saturated carbocycles. The zero-order chi connectivity index (χ0) is 12.3. The summed E-state index contributed by atoms with van der Waals surface area (Å²) in [5.41, 5.74) is 0. The molecule has 0 aliphatic rings. The lowest BCUT2D eigenvalue weighted by atomic mass is 10.1. The van der Waals surface area contributed by atoms with Crippen molar-refractivity contribution < 1.29 is 0 Å². The van der Waals surface area contributed by atoms with Crippen molar-refractivity contribution in [2.24, 2.45) is 5.92 Å². The van der Waals surface area contributed by atoms with Gasteiger partial charge in [-0.15, -0.1) is 0 Å². The summed E-state index contributed by atoms with van der Waals surface area (Å²) in [5, 5.41) is 0. The summed E-state index contributed by atoms with van der Waals surface area (Å²) in [6, 6.07) is 0.758. The monoisotopic (exact) mass is 215 g/mol. The smallest absolute Gasteiger partial charge is 0.00639 e. The molecule has 1 atom stereocenters. The molecule has 0 saturated heterocycles. The van der Waals surface area contributed by atoms with Gasteiger partial charge in [0.25, 0.3) is 0 Å². The quantitative estimate of drug-likeness (QED) is 0.562. The van der Waals surface area contributed by atoms with Gasteiger partial charge in [0.2, 0.25) is 0 Å². The van der Waals surface area contributed by atoms with Gasteiger partial charge in [0, 0.05) is 12.6 Å². The third-order valence-corrected chi connectivity index (χ3v) is 2.63. The molecule has 0 aromatic heterocycles. The van der Waals surface area contributed by atoms with E-state index < -0.39 is 0 Å². The molecular formula is C14H33N. The average molecular weight is 215 g/mol. The lowest BCUT2D eigenvalue weighted by molar-refractivity contribution is 0.217. The van der Waals surface area contributed by atoms with Crippen LogP contribution in [0, 0.1) is 5.92 Å². The number of hydrogen-bond acceptors (Lipinski definition) is 1. The number of rotatable bonds is 7. The van der Waals surface area contributed by atoms with Crippen molar-refractivity contribution in [3.63, 3.8) is 0 Å². The zero-order valence-corrected chi connectivity index (χ0v) is 12.1. The van der Waals surface area contributed by atoms with Crippen LogP contribution >= 0.6 is 0 Å². The van der Waals surface area contributed by atoms with Crippen LogP contribution in [0.4, 0.5) is 0 Å². The van der Waals surface area contributed by atoms with Crippen molar-refractivity contribution in [1.29, 1.82) is 0 Å². The Hall–Kier alpha value is -0.0400. The number of nitrogens with zero attached hydrogens (tertiary/aromatic N) is 1. The van der Waals surface area contributed by atoms with Crippen LogP contribution in [-0.2, 0) is 0 Å². The molecule has 0 spiro atoms. The fourth-order valence-corrected chi connectivity index (χ4v) is 1.67. The Balaban J connectivity index is 0. The Morgan fingerprint density at radius 2 is 1.53 bits per heavy atom. The minimum atomic E-state index is 0.758. The van der Waals surface area contributed by atoms with E-state index in [1.807, 2.05) is 13.8 Å². The molecule has 15 heavy (non-hydrogen) atoms. The van der Waals surface area contributed by atoms with Crippen LogP contribution < -0.4 is 0 Å². The van der Waals surface area contributed by atoms with E-state index in [9.17, 15) is 0 Å². The molecule has 94 valence electrons. The van der Waals surface area contributed by atoms with E-state index in [1.54, 1.807) is 0 Å². The van der Waals surface area contributed by atoms with Crippen LogP contribution in [-0.4, -0.2) is 24.5 Å². The SMILES string of the molecule is CC.CCCCCC(C)N(C)CC(C)C. The third kappa shape index (κ3) is 11.9. The molecule has 0 radical (unpaired) electrons. The molecule has 0 aliphatic heterocycles. The predicted molar refractivity (Wildman–Crippen MR) is 72.4 cm³/mol. The molecule has 0 N–H and O–H groups in total. The van der Waals surface area contributed by atoms with Gasteiger partial charge in [-0.25, -0.2) is 0 Å². The fourth-order valence-electron chi connectivity index (χ4n) is 1.67. The summed E-state index contributed by atoms with van der Waals surface area (Å²) in [7, 11) is 2.25. The van der Waals surface area contributed by atoms with Crippen LogP contribution in [0.25, 0.3) is 0 Å². The summed E-state index contributed by atoms with van der Waals surface area (Å²) in [4.78, 5) is 2.49. The van der Waals surface area contributed by atoms with Crippen molar-refractivity contribution in [3.05, 3.63) is 0 Å². The lowest BCUT2D eigenvalue weighted by Crippen LogP contribution is -2.32. The second-order valence-corrected chi connectivity index (χ2v) is 4.68. The maximum atomic E-state index is 2.49. The molecule has 0 rings (SSSR count). The van der Waals surface area contributed by atoms with Gasteiger partial charge in [-0.05, 0) is 26.3 Å². The summed E-state index contributed by atoms with van der Waals surface area (Å²) < 4.78 is 0. The fraction of sp³-hybridized carbons (Fsp3) is 1.00. The first kappa shape index (κ1) is 17.4. The predicted octanol–water partition coefficient (Wildman–Crippen LogP) is 4.57. The van der Waals surface area contributed by atoms with Gasteiger partial charge in [-0.1, -0.05) is 53.9 Å². The minimum absolute atomic E-state index is 0.758. The van der Waals surface area contributed by atoms with Crippen LogP contribution in [0.1, 0.15) is 67.2 Å². The van der Waals surface area contributed by atoms with Gasteiger partial charge in [0.05, 0.1) is 0 Å². The van der Waals surface area contributed by atoms with Crippen LogP contribution in [0.15, 0.2) is 0 Å². The Labute approximate surface area is 98.2 Å². The van der Waals surface area contributed by atoms with Crippen molar-refractivity contribution >= 4 is 0 Å². The number of unbranched alkanes of at least 4 members (excludes halogenated alkanes) is 2. The van der Waals surface area contributed by atoms with Crippen molar-refractivity contribution in [2.45, 2.75) is 73.3 Å². The normalized spacial score (nSPS) is 12.6. The average Bonchev–Trinajstić information content (AvgIpc) is 2.20. The van der Waals surface area contributed by atoms with Crippen LogP contribution in [0.3, 0.4) is 0 Å². The van der Waals surface area contributed by atoms with Gasteiger partial charge in [0.1, 0.15) is 0 Å². The van der Waals surface area contributed by atoms with E-state index in [-0.39, 0.29) is 0 Å². The third-order valence-electron chi connectivity index (χ3n) is 2.63. The highest BCUT2D eigenvalue weighted by Gasteiger charge is 2.09. The lowest BCUT2D eigenvalue weighted by Gasteiger charge is -2.26. The molecule has 1 unspecified atom stereocenters. The Morgan fingerprint density at radius 3 is 1.93 bits per heavy atom. The zero-order valence-electron chi connectivity index (χ0n) is 12.1. The van der Waals surface area contributed by atoms with Crippen molar-refractivity contribution in [2.75, 3.05) is 13.6 Å². The second kappa shape index (κ2) is 12.0. The first-order chi connectivity index (χ1) is 7.07. The van der Waals surface area contributed by atoms with Crippen LogP contribution in [0.2, 0.25) is 0 Å². The summed E-state index contributed by atoms with van der Waals surface area (Å²) in [5.74, 6) is 0.790. The highest BCUT2D eigenvalue weighted by Crippen LogP contribution is 2.09. The van der Waals surface area contributed by atoms with Crippen molar-refractivity contribution in [3.8, 4) is 0 Å². The maximum absolute atomic E-state index is 2.49. The molecule has 0 aromatic carbocycles. The molecule has 1 heteroatoms. The maximum Gasteiger partial charge on any atom is 0.00639 e. The summed E-state index contributed by atoms with van der Waals surface area (Å²) in [6.07, 6.45) is 5.47. The standard InChI is InChI=1S/C12H27N.C2H6/c1-6-7-8-9-12(4)13(5)10-11(2)3;1-2/h11-12H,6-10H2,1-5H3;1-2H3. The largest absolute Gasteiger partial charge is 0.303 e. The molecule has 0 fully saturated rings. The topological polar surface area (TPSA) is 3.24 Å². The molecule has 0 aromatic rings.